The van der Waals surface area contributed by atoms with Crippen molar-refractivity contribution in [1.82, 2.24) is 0 Å². The quantitative estimate of drug-likeness (QED) is 0.190. The summed E-state index contributed by atoms with van der Waals surface area (Å²) in [6.45, 7) is 3.48. The van der Waals surface area contributed by atoms with Crippen LogP contribution in [0, 0.1) is 0 Å². The SMILES string of the molecule is c1cc(C(c2ccc(CC3CO3)cc2)C(c2ccc(CC3CO3)cc2)c2ccc(C3CO3)cc2)ccc1CC1CO1. The second-order valence-electron chi connectivity index (χ2n) is 12.1. The predicted molar refractivity (Wildman–Crippen MR) is 158 cm³/mol. The number of ether oxygens (including phenoxy) is 4. The summed E-state index contributed by atoms with van der Waals surface area (Å²) < 4.78 is 22.1. The second kappa shape index (κ2) is 10.8. The summed E-state index contributed by atoms with van der Waals surface area (Å²) in [5, 5.41) is 0. The zero-order valence-corrected chi connectivity index (χ0v) is 23.3. The third kappa shape index (κ3) is 6.17. The molecule has 4 aromatic rings. The van der Waals surface area contributed by atoms with Gasteiger partial charge in [0.15, 0.2) is 0 Å². The largest absolute Gasteiger partial charge is 0.373 e. The first kappa shape index (κ1) is 25.4. The van der Waals surface area contributed by atoms with Crippen molar-refractivity contribution in [2.75, 3.05) is 26.4 Å². The minimum Gasteiger partial charge on any atom is -0.373 e. The fourth-order valence-electron chi connectivity index (χ4n) is 6.24. The van der Waals surface area contributed by atoms with Gasteiger partial charge in [-0.05, 0) is 44.5 Å². The smallest absolute Gasteiger partial charge is 0.106 e. The van der Waals surface area contributed by atoms with Gasteiger partial charge >= 0.3 is 0 Å². The average Bonchev–Trinajstić information content (AvgIpc) is 3.82. The Morgan fingerprint density at radius 2 is 0.707 bits per heavy atom. The third-order valence-corrected chi connectivity index (χ3v) is 8.95. The van der Waals surface area contributed by atoms with Crippen LogP contribution in [0.25, 0.3) is 0 Å². The van der Waals surface area contributed by atoms with Crippen LogP contribution in [-0.2, 0) is 38.2 Å². The molecule has 4 aliphatic rings. The number of hydrogen-bond acceptors (Lipinski definition) is 4. The summed E-state index contributed by atoms with van der Waals surface area (Å²) in [6, 6.07) is 37.0. The van der Waals surface area contributed by atoms with Crippen LogP contribution in [0.15, 0.2) is 97.1 Å². The minimum atomic E-state index is 0.158. The van der Waals surface area contributed by atoms with Crippen LogP contribution >= 0.6 is 0 Å². The summed E-state index contributed by atoms with van der Waals surface area (Å²) >= 11 is 0. The van der Waals surface area contributed by atoms with Crippen molar-refractivity contribution in [1.29, 1.82) is 0 Å². The van der Waals surface area contributed by atoms with Crippen LogP contribution in [-0.4, -0.2) is 44.7 Å². The van der Waals surface area contributed by atoms with Gasteiger partial charge in [-0.1, -0.05) is 97.1 Å². The molecule has 4 fully saturated rings. The van der Waals surface area contributed by atoms with E-state index in [1.165, 1.54) is 44.5 Å². The van der Waals surface area contributed by atoms with Crippen LogP contribution in [0.5, 0.6) is 0 Å². The summed E-state index contributed by atoms with van der Waals surface area (Å²) in [6.07, 6.45) is 4.39. The molecular weight excluding hydrogens is 508 g/mol. The number of rotatable bonds is 12. The minimum absolute atomic E-state index is 0.158. The van der Waals surface area contributed by atoms with Gasteiger partial charge in [-0.2, -0.15) is 0 Å². The molecule has 0 aromatic heterocycles. The first-order valence-electron chi connectivity index (χ1n) is 15.1. The molecule has 0 bridgehead atoms. The highest BCUT2D eigenvalue weighted by Gasteiger charge is 2.31. The molecule has 208 valence electrons. The lowest BCUT2D eigenvalue weighted by atomic mass is 9.73. The summed E-state index contributed by atoms with van der Waals surface area (Å²) in [7, 11) is 0. The molecule has 5 atom stereocenters. The Morgan fingerprint density at radius 3 is 0.976 bits per heavy atom. The Hall–Kier alpha value is -3.28. The van der Waals surface area contributed by atoms with Gasteiger partial charge < -0.3 is 18.9 Å². The molecule has 0 saturated carbocycles. The van der Waals surface area contributed by atoms with Crippen molar-refractivity contribution in [3.63, 3.8) is 0 Å². The molecule has 4 aromatic carbocycles. The van der Waals surface area contributed by atoms with Crippen molar-refractivity contribution in [3.05, 3.63) is 142 Å². The molecule has 4 aliphatic heterocycles. The van der Waals surface area contributed by atoms with E-state index in [0.717, 1.165) is 45.7 Å². The van der Waals surface area contributed by atoms with E-state index in [2.05, 4.69) is 97.1 Å². The van der Waals surface area contributed by atoms with Crippen LogP contribution < -0.4 is 0 Å². The van der Waals surface area contributed by atoms with Crippen LogP contribution in [0.4, 0.5) is 0 Å². The van der Waals surface area contributed by atoms with Gasteiger partial charge in [0.1, 0.15) is 6.10 Å². The summed E-state index contributed by atoms with van der Waals surface area (Å²) in [5.74, 6) is 0.318. The highest BCUT2D eigenvalue weighted by Crippen LogP contribution is 2.44. The van der Waals surface area contributed by atoms with E-state index in [-0.39, 0.29) is 17.9 Å². The Kier molecular flexibility index (Phi) is 6.73. The fourth-order valence-corrected chi connectivity index (χ4v) is 6.24. The summed E-state index contributed by atoms with van der Waals surface area (Å²) in [4.78, 5) is 0. The van der Waals surface area contributed by atoms with Crippen LogP contribution in [0.1, 0.15) is 62.4 Å². The van der Waals surface area contributed by atoms with Gasteiger partial charge in [-0.15, -0.1) is 0 Å². The maximum atomic E-state index is 5.57. The zero-order valence-electron chi connectivity index (χ0n) is 23.3. The van der Waals surface area contributed by atoms with E-state index < -0.39 is 0 Å². The highest BCUT2D eigenvalue weighted by atomic mass is 16.6. The molecule has 4 nitrogen and oxygen atoms in total. The van der Waals surface area contributed by atoms with Crippen LogP contribution in [0.3, 0.4) is 0 Å². The lowest BCUT2D eigenvalue weighted by Crippen LogP contribution is -2.15. The molecule has 4 heteroatoms. The van der Waals surface area contributed by atoms with Gasteiger partial charge in [0.05, 0.1) is 44.7 Å². The Balaban J connectivity index is 1.19. The predicted octanol–water partition coefficient (Wildman–Crippen LogP) is 6.55. The standard InChI is InChI=1S/C37H36O4/c1-7-28(8-2-24(1)17-32-20-38-32)36(29-9-3-25(4-10-29)18-33-21-39-33)37(31-15-13-27(14-16-31)35-23-41-35)30-11-5-26(6-12-30)19-34-22-40-34/h1-16,32-37H,17-23H2. The van der Waals surface area contributed by atoms with E-state index in [0.29, 0.717) is 18.3 Å². The maximum absolute atomic E-state index is 5.57. The van der Waals surface area contributed by atoms with Crippen molar-refractivity contribution >= 4 is 0 Å². The first-order chi connectivity index (χ1) is 20.2. The molecule has 0 aliphatic carbocycles. The molecule has 0 N–H and O–H groups in total. The van der Waals surface area contributed by atoms with Crippen molar-refractivity contribution in [2.24, 2.45) is 0 Å². The van der Waals surface area contributed by atoms with E-state index in [4.69, 9.17) is 18.9 Å². The Bertz CT molecular complexity index is 1400. The maximum Gasteiger partial charge on any atom is 0.106 e. The molecule has 41 heavy (non-hydrogen) atoms. The molecule has 4 heterocycles. The number of epoxide rings is 4. The topological polar surface area (TPSA) is 50.1 Å². The van der Waals surface area contributed by atoms with E-state index >= 15 is 0 Å². The Labute approximate surface area is 242 Å². The zero-order chi connectivity index (χ0) is 27.2. The van der Waals surface area contributed by atoms with Gasteiger partial charge in [0, 0.05) is 31.1 Å². The molecule has 0 spiro atoms. The van der Waals surface area contributed by atoms with Gasteiger partial charge in [-0.3, -0.25) is 0 Å². The van der Waals surface area contributed by atoms with E-state index in [9.17, 15) is 0 Å². The molecule has 4 saturated heterocycles. The molecule has 0 radical (unpaired) electrons. The van der Waals surface area contributed by atoms with E-state index in [1.54, 1.807) is 0 Å². The second-order valence-corrected chi connectivity index (χ2v) is 12.1. The highest BCUT2D eigenvalue weighted by molar-refractivity contribution is 5.47. The monoisotopic (exact) mass is 544 g/mol. The lowest BCUT2D eigenvalue weighted by molar-refractivity contribution is 0.407. The summed E-state index contributed by atoms with van der Waals surface area (Å²) in [5.41, 5.74) is 10.6. The molecular formula is C37H36O4. The van der Waals surface area contributed by atoms with Gasteiger partial charge in [-0.25, -0.2) is 0 Å². The van der Waals surface area contributed by atoms with Crippen molar-refractivity contribution in [2.45, 2.75) is 55.5 Å². The molecule has 8 rings (SSSR count). The average molecular weight is 545 g/mol. The van der Waals surface area contributed by atoms with Gasteiger partial charge in [0.25, 0.3) is 0 Å². The molecule has 5 unspecified atom stereocenters. The fraction of sp³-hybridized carbons (Fsp3) is 0.351. The van der Waals surface area contributed by atoms with Crippen LogP contribution in [0.2, 0.25) is 0 Å². The first-order valence-corrected chi connectivity index (χ1v) is 15.1. The normalized spacial score (nSPS) is 25.4. The van der Waals surface area contributed by atoms with Gasteiger partial charge in [0.2, 0.25) is 0 Å². The Morgan fingerprint density at radius 1 is 0.415 bits per heavy atom. The van der Waals surface area contributed by atoms with Crippen molar-refractivity contribution in [3.8, 4) is 0 Å². The number of hydrogen-bond donors (Lipinski definition) is 0. The molecule has 0 amide bonds. The lowest BCUT2D eigenvalue weighted by Gasteiger charge is -2.30. The van der Waals surface area contributed by atoms with Crippen molar-refractivity contribution < 1.29 is 18.9 Å². The number of benzene rings is 4. The van der Waals surface area contributed by atoms with E-state index in [1.807, 2.05) is 0 Å². The third-order valence-electron chi connectivity index (χ3n) is 8.95.